The Morgan fingerprint density at radius 1 is 1.07 bits per heavy atom. The Bertz CT molecular complexity index is 768. The second-order valence-electron chi connectivity index (χ2n) is 7.80. The van der Waals surface area contributed by atoms with E-state index in [0.29, 0.717) is 5.92 Å². The zero-order valence-electron chi connectivity index (χ0n) is 17.3. The van der Waals surface area contributed by atoms with Gasteiger partial charge in [-0.2, -0.15) is 17.5 Å². The topological polar surface area (TPSA) is 40.6 Å². The molecule has 0 bridgehead atoms. The predicted octanol–water partition coefficient (Wildman–Crippen LogP) is 4.78. The van der Waals surface area contributed by atoms with Gasteiger partial charge in [0.25, 0.3) is 0 Å². The Hall–Kier alpha value is -1.38. The van der Waals surface area contributed by atoms with Crippen molar-refractivity contribution in [2.24, 2.45) is 5.92 Å². The zero-order valence-corrected chi connectivity index (χ0v) is 18.1. The third-order valence-corrected chi connectivity index (χ3v) is 7.47. The van der Waals surface area contributed by atoms with Crippen LogP contribution in [0.2, 0.25) is 0 Å². The van der Waals surface area contributed by atoms with Gasteiger partial charge in [-0.15, -0.1) is 0 Å². The number of nitrogens with zero attached hydrogens (tertiary/aromatic N) is 2. The van der Waals surface area contributed by atoms with Crippen LogP contribution in [-0.2, 0) is 16.2 Å². The van der Waals surface area contributed by atoms with Gasteiger partial charge in [-0.05, 0) is 75.9 Å². The highest BCUT2D eigenvalue weighted by atomic mass is 32.2. The van der Waals surface area contributed by atoms with Gasteiger partial charge in [0.2, 0.25) is 10.0 Å². The highest BCUT2D eigenvalue weighted by Crippen LogP contribution is 2.32. The summed E-state index contributed by atoms with van der Waals surface area (Å²) >= 11 is 0. The normalized spacial score (nSPS) is 21.4. The molecule has 0 saturated heterocycles. The molecule has 1 aromatic rings. The number of benzene rings is 1. The van der Waals surface area contributed by atoms with Crippen molar-refractivity contribution in [2.45, 2.75) is 56.1 Å². The molecule has 0 N–H and O–H groups in total. The van der Waals surface area contributed by atoms with Crippen molar-refractivity contribution in [3.8, 4) is 0 Å². The molecule has 0 aliphatic heterocycles. The van der Waals surface area contributed by atoms with Gasteiger partial charge in [0.05, 0.1) is 10.5 Å². The standard InChI is InChI=1S/C21H31F3N2O2S/c1-4-15-25(2)16-5-6-17-7-11-19(12-8-17)26(3)29(27,28)20-13-9-18(10-14-20)21(22,23)24/h5-6,9-10,13-14,17,19H,4,7-8,11-12,15-16H2,1-3H3/b6-5+/t17-,19-. The molecule has 1 aliphatic carbocycles. The molecule has 8 heteroatoms. The van der Waals surface area contributed by atoms with E-state index in [4.69, 9.17) is 0 Å². The molecule has 4 nitrogen and oxygen atoms in total. The van der Waals surface area contributed by atoms with E-state index in [1.807, 2.05) is 0 Å². The molecule has 0 spiro atoms. The van der Waals surface area contributed by atoms with Crippen LogP contribution in [0.25, 0.3) is 0 Å². The molecular weight excluding hydrogens is 401 g/mol. The van der Waals surface area contributed by atoms with E-state index < -0.39 is 21.8 Å². The Balaban J connectivity index is 1.94. The molecule has 2 rings (SSSR count). The molecule has 1 fully saturated rings. The summed E-state index contributed by atoms with van der Waals surface area (Å²) in [5.74, 6) is 0.448. The molecule has 29 heavy (non-hydrogen) atoms. The van der Waals surface area contributed by atoms with Gasteiger partial charge in [-0.1, -0.05) is 19.1 Å². The van der Waals surface area contributed by atoms with Gasteiger partial charge in [0.15, 0.2) is 0 Å². The molecule has 0 aromatic heterocycles. The second-order valence-corrected chi connectivity index (χ2v) is 9.80. The molecule has 0 amide bonds. The minimum Gasteiger partial charge on any atom is -0.303 e. The van der Waals surface area contributed by atoms with Crippen molar-refractivity contribution in [1.82, 2.24) is 9.21 Å². The molecule has 1 aromatic carbocycles. The average Bonchev–Trinajstić information content (AvgIpc) is 2.67. The first-order valence-corrected chi connectivity index (χ1v) is 11.5. The average molecular weight is 433 g/mol. The van der Waals surface area contributed by atoms with E-state index in [0.717, 1.165) is 69.5 Å². The molecule has 164 valence electrons. The lowest BCUT2D eigenvalue weighted by atomic mass is 9.86. The summed E-state index contributed by atoms with van der Waals surface area (Å²) in [6.07, 6.45) is 4.36. The van der Waals surface area contributed by atoms with Gasteiger partial charge in [0.1, 0.15) is 0 Å². The number of alkyl halides is 3. The van der Waals surface area contributed by atoms with Crippen LogP contribution in [0, 0.1) is 5.92 Å². The van der Waals surface area contributed by atoms with E-state index in [1.165, 1.54) is 11.4 Å². The predicted molar refractivity (Wildman–Crippen MR) is 109 cm³/mol. The highest BCUT2D eigenvalue weighted by Gasteiger charge is 2.33. The third kappa shape index (κ3) is 6.55. The van der Waals surface area contributed by atoms with Gasteiger partial charge in [-0.3, -0.25) is 0 Å². The molecular formula is C21H31F3N2O2S. The smallest absolute Gasteiger partial charge is 0.303 e. The molecule has 1 saturated carbocycles. The maximum atomic E-state index is 12.8. The van der Waals surface area contributed by atoms with Gasteiger partial charge >= 0.3 is 6.18 Å². The summed E-state index contributed by atoms with van der Waals surface area (Å²) in [5.41, 5.74) is -0.851. The van der Waals surface area contributed by atoms with E-state index in [-0.39, 0.29) is 10.9 Å². The van der Waals surface area contributed by atoms with Crippen LogP contribution in [0.3, 0.4) is 0 Å². The van der Waals surface area contributed by atoms with Crippen LogP contribution < -0.4 is 0 Å². The summed E-state index contributed by atoms with van der Waals surface area (Å²) in [7, 11) is -0.201. The second kappa shape index (κ2) is 10.1. The van der Waals surface area contributed by atoms with Crippen molar-refractivity contribution >= 4 is 10.0 Å². The first-order valence-electron chi connectivity index (χ1n) is 10.1. The van der Waals surface area contributed by atoms with Crippen LogP contribution in [-0.4, -0.2) is 50.8 Å². The third-order valence-electron chi connectivity index (χ3n) is 5.54. The SMILES string of the molecule is CCCN(C)C/C=C/[C@H]1CC[C@H](N(C)S(=O)(=O)c2ccc(C(F)(F)F)cc2)CC1. The number of halogens is 3. The van der Waals surface area contributed by atoms with E-state index in [2.05, 4.69) is 31.0 Å². The lowest BCUT2D eigenvalue weighted by molar-refractivity contribution is -0.137. The van der Waals surface area contributed by atoms with Crippen LogP contribution in [0.15, 0.2) is 41.3 Å². The minimum absolute atomic E-state index is 0.103. The van der Waals surface area contributed by atoms with Crippen LogP contribution >= 0.6 is 0 Å². The molecule has 0 unspecified atom stereocenters. The molecule has 1 aliphatic rings. The summed E-state index contributed by atoms with van der Waals surface area (Å²) in [6.45, 7) is 4.12. The lowest BCUT2D eigenvalue weighted by Crippen LogP contribution is -2.39. The zero-order chi connectivity index (χ0) is 21.7. The number of sulfonamides is 1. The minimum atomic E-state index is -4.48. The first kappa shape index (κ1) is 23.9. The van der Waals surface area contributed by atoms with Crippen LogP contribution in [0.1, 0.15) is 44.6 Å². The fourth-order valence-electron chi connectivity index (χ4n) is 3.74. The van der Waals surface area contributed by atoms with E-state index in [1.54, 1.807) is 0 Å². The number of rotatable bonds is 8. The Labute approximate surface area is 172 Å². The van der Waals surface area contributed by atoms with Crippen molar-refractivity contribution < 1.29 is 21.6 Å². The van der Waals surface area contributed by atoms with Gasteiger partial charge < -0.3 is 4.90 Å². The maximum Gasteiger partial charge on any atom is 0.416 e. The van der Waals surface area contributed by atoms with Crippen molar-refractivity contribution in [3.05, 3.63) is 42.0 Å². The maximum absolute atomic E-state index is 12.8. The summed E-state index contributed by atoms with van der Waals surface area (Å²) in [4.78, 5) is 2.15. The molecule has 0 heterocycles. The quantitative estimate of drug-likeness (QED) is 0.555. The van der Waals surface area contributed by atoms with E-state index in [9.17, 15) is 21.6 Å². The largest absolute Gasteiger partial charge is 0.416 e. The number of allylic oxidation sites excluding steroid dienone is 1. The van der Waals surface area contributed by atoms with Crippen molar-refractivity contribution in [2.75, 3.05) is 27.2 Å². The Kier molecular flexibility index (Phi) is 8.31. The number of likely N-dealkylation sites (N-methyl/N-ethyl adjacent to an activating group) is 1. The van der Waals surface area contributed by atoms with Gasteiger partial charge in [0, 0.05) is 19.6 Å². The van der Waals surface area contributed by atoms with Crippen molar-refractivity contribution in [3.63, 3.8) is 0 Å². The number of hydrogen-bond acceptors (Lipinski definition) is 3. The summed E-state index contributed by atoms with van der Waals surface area (Å²) in [6, 6.07) is 3.58. The lowest BCUT2D eigenvalue weighted by Gasteiger charge is -2.33. The van der Waals surface area contributed by atoms with Crippen LogP contribution in [0.4, 0.5) is 13.2 Å². The monoisotopic (exact) mass is 432 g/mol. The van der Waals surface area contributed by atoms with Gasteiger partial charge in [-0.25, -0.2) is 8.42 Å². The highest BCUT2D eigenvalue weighted by molar-refractivity contribution is 7.89. The molecule has 0 atom stereocenters. The van der Waals surface area contributed by atoms with Crippen molar-refractivity contribution in [1.29, 1.82) is 0 Å². The van der Waals surface area contributed by atoms with E-state index >= 15 is 0 Å². The fourth-order valence-corrected chi connectivity index (χ4v) is 5.16. The first-order chi connectivity index (χ1) is 13.6. The van der Waals surface area contributed by atoms with Crippen LogP contribution in [0.5, 0.6) is 0 Å². The molecule has 0 radical (unpaired) electrons. The Morgan fingerprint density at radius 2 is 1.66 bits per heavy atom. The summed E-state index contributed by atoms with van der Waals surface area (Å²) in [5, 5.41) is 0. The summed E-state index contributed by atoms with van der Waals surface area (Å²) < 4.78 is 65.1. The fraction of sp³-hybridized carbons (Fsp3) is 0.619. The number of hydrogen-bond donors (Lipinski definition) is 0. The Morgan fingerprint density at radius 3 is 2.17 bits per heavy atom.